The van der Waals surface area contributed by atoms with Gasteiger partial charge in [0, 0.05) is 12.3 Å². The monoisotopic (exact) mass is 272 g/mol. The summed E-state index contributed by atoms with van der Waals surface area (Å²) >= 11 is 1.57. The van der Waals surface area contributed by atoms with Crippen molar-refractivity contribution in [3.63, 3.8) is 0 Å². The number of ether oxygens (including phenoxy) is 1. The summed E-state index contributed by atoms with van der Waals surface area (Å²) in [6.07, 6.45) is 0. The highest BCUT2D eigenvalue weighted by Gasteiger charge is 2.54. The number of fused-ring (bicyclic) bond motifs is 1. The van der Waals surface area contributed by atoms with Gasteiger partial charge in [0.1, 0.15) is 17.0 Å². The molecule has 2 rings (SSSR count). The van der Waals surface area contributed by atoms with E-state index in [1.807, 2.05) is 27.7 Å². The second-order valence-electron chi connectivity index (χ2n) is 6.26. The number of thioether (sulfide) groups is 1. The van der Waals surface area contributed by atoms with Crippen LogP contribution in [-0.4, -0.2) is 46.1 Å². The van der Waals surface area contributed by atoms with E-state index >= 15 is 0 Å². The normalized spacial score (nSPS) is 35.8. The molecule has 2 aliphatic rings. The minimum Gasteiger partial charge on any atom is -0.459 e. The van der Waals surface area contributed by atoms with Gasteiger partial charge in [-0.1, -0.05) is 0 Å². The predicted molar refractivity (Wildman–Crippen MR) is 69.9 cm³/mol. The maximum atomic E-state index is 12.2. The van der Waals surface area contributed by atoms with Crippen molar-refractivity contribution in [3.8, 4) is 0 Å². The van der Waals surface area contributed by atoms with Crippen molar-refractivity contribution in [2.75, 3.05) is 12.3 Å². The van der Waals surface area contributed by atoms with Crippen molar-refractivity contribution in [3.05, 3.63) is 0 Å². The number of β-lactam (4-membered cyclic amide) rings is 1. The molecule has 0 aromatic heterocycles. The minimum atomic E-state index is -0.635. The highest BCUT2D eigenvalue weighted by atomic mass is 32.2. The Labute approximate surface area is 111 Å². The number of carbonyl (C=O) groups is 2. The van der Waals surface area contributed by atoms with Gasteiger partial charge in [-0.25, -0.2) is 0 Å². The number of amides is 1. The molecule has 0 aromatic carbocycles. The first-order chi connectivity index (χ1) is 8.14. The molecule has 0 spiro atoms. The molecule has 2 unspecified atom stereocenters. The van der Waals surface area contributed by atoms with E-state index in [0.717, 1.165) is 0 Å². The Balaban J connectivity index is 2.05. The molecular weight excluding hydrogens is 252 g/mol. The average molecular weight is 272 g/mol. The standard InChI is InChI=1S/C12H20N2O3S/c1-11(2,3)17-10(16)12(4)5-14-8(15)7(13)9(14)18-6-12/h7,9H,5-6,13H2,1-4H3/t7?,9-,12?/m1/s1. The van der Waals surface area contributed by atoms with Gasteiger partial charge in [-0.05, 0) is 27.7 Å². The van der Waals surface area contributed by atoms with Gasteiger partial charge in [-0.3, -0.25) is 9.59 Å². The third-order valence-corrected chi connectivity index (χ3v) is 4.86. The molecule has 2 fully saturated rings. The van der Waals surface area contributed by atoms with Crippen LogP contribution in [0, 0.1) is 5.41 Å². The lowest BCUT2D eigenvalue weighted by Gasteiger charge is -2.52. The molecule has 0 aromatic rings. The topological polar surface area (TPSA) is 72.6 Å². The number of hydrogen-bond acceptors (Lipinski definition) is 5. The first-order valence-corrected chi connectivity index (χ1v) is 7.10. The summed E-state index contributed by atoms with van der Waals surface area (Å²) in [6, 6.07) is -0.404. The largest absolute Gasteiger partial charge is 0.459 e. The highest BCUT2D eigenvalue weighted by molar-refractivity contribution is 8.00. The Morgan fingerprint density at radius 1 is 1.56 bits per heavy atom. The maximum Gasteiger partial charge on any atom is 0.314 e. The molecule has 2 saturated heterocycles. The van der Waals surface area contributed by atoms with Crippen LogP contribution in [0.1, 0.15) is 27.7 Å². The zero-order chi connectivity index (χ0) is 13.7. The summed E-state index contributed by atoms with van der Waals surface area (Å²) in [6.45, 7) is 7.79. The van der Waals surface area contributed by atoms with E-state index in [1.165, 1.54) is 0 Å². The van der Waals surface area contributed by atoms with E-state index in [-0.39, 0.29) is 17.3 Å². The van der Waals surface area contributed by atoms with Crippen molar-refractivity contribution in [1.82, 2.24) is 4.90 Å². The molecule has 0 radical (unpaired) electrons. The van der Waals surface area contributed by atoms with E-state index in [1.54, 1.807) is 16.7 Å². The zero-order valence-electron chi connectivity index (χ0n) is 11.2. The predicted octanol–water partition coefficient (Wildman–Crippen LogP) is 0.577. The van der Waals surface area contributed by atoms with Crippen molar-refractivity contribution in [2.24, 2.45) is 11.1 Å². The Bertz CT molecular complexity index is 393. The van der Waals surface area contributed by atoms with E-state index in [0.29, 0.717) is 12.3 Å². The lowest BCUT2D eigenvalue weighted by molar-refractivity contribution is -0.169. The highest BCUT2D eigenvalue weighted by Crippen LogP contribution is 2.42. The van der Waals surface area contributed by atoms with Crippen LogP contribution in [0.4, 0.5) is 0 Å². The van der Waals surface area contributed by atoms with E-state index in [4.69, 9.17) is 10.5 Å². The van der Waals surface area contributed by atoms with Crippen molar-refractivity contribution < 1.29 is 14.3 Å². The van der Waals surface area contributed by atoms with Crippen LogP contribution in [0.15, 0.2) is 0 Å². The smallest absolute Gasteiger partial charge is 0.314 e. The number of carbonyl (C=O) groups excluding carboxylic acids is 2. The lowest BCUT2D eigenvalue weighted by Crippen LogP contribution is -2.71. The molecular formula is C12H20N2O3S. The van der Waals surface area contributed by atoms with E-state index in [9.17, 15) is 9.59 Å². The van der Waals surface area contributed by atoms with Gasteiger partial charge in [0.2, 0.25) is 5.91 Å². The van der Waals surface area contributed by atoms with Gasteiger partial charge in [0.05, 0.1) is 5.41 Å². The summed E-state index contributed by atoms with van der Waals surface area (Å²) in [4.78, 5) is 25.5. The quantitative estimate of drug-likeness (QED) is 0.558. The number of rotatable bonds is 1. The SMILES string of the molecule is CC(C)(C)OC(=O)C1(C)CS[C@@H]2C(N)C(=O)N2C1. The van der Waals surface area contributed by atoms with Crippen LogP contribution in [0.3, 0.4) is 0 Å². The Morgan fingerprint density at radius 2 is 2.17 bits per heavy atom. The van der Waals surface area contributed by atoms with Crippen LogP contribution in [0.2, 0.25) is 0 Å². The number of hydrogen-bond donors (Lipinski definition) is 1. The Kier molecular flexibility index (Phi) is 3.14. The molecule has 0 saturated carbocycles. The van der Waals surface area contributed by atoms with Crippen LogP contribution in [-0.2, 0) is 14.3 Å². The first kappa shape index (κ1) is 13.7. The molecule has 2 heterocycles. The maximum absolute atomic E-state index is 12.2. The summed E-state index contributed by atoms with van der Waals surface area (Å²) in [5.74, 6) is 0.334. The molecule has 1 amide bonds. The molecule has 2 aliphatic heterocycles. The lowest BCUT2D eigenvalue weighted by atomic mass is 9.89. The van der Waals surface area contributed by atoms with Crippen LogP contribution < -0.4 is 5.73 Å². The summed E-state index contributed by atoms with van der Waals surface area (Å²) < 4.78 is 5.43. The third-order valence-electron chi connectivity index (χ3n) is 3.17. The molecule has 2 N–H and O–H groups in total. The molecule has 3 atom stereocenters. The third kappa shape index (κ3) is 2.23. The molecule has 0 aliphatic carbocycles. The van der Waals surface area contributed by atoms with Gasteiger partial charge in [-0.2, -0.15) is 0 Å². The molecule has 5 nitrogen and oxygen atoms in total. The van der Waals surface area contributed by atoms with Crippen LogP contribution >= 0.6 is 11.8 Å². The molecule has 18 heavy (non-hydrogen) atoms. The van der Waals surface area contributed by atoms with E-state index < -0.39 is 17.1 Å². The van der Waals surface area contributed by atoms with Gasteiger partial charge in [0.15, 0.2) is 0 Å². The molecule has 102 valence electrons. The minimum absolute atomic E-state index is 0.0352. The van der Waals surface area contributed by atoms with Crippen molar-refractivity contribution >= 4 is 23.6 Å². The van der Waals surface area contributed by atoms with Gasteiger partial charge in [0.25, 0.3) is 0 Å². The first-order valence-electron chi connectivity index (χ1n) is 6.05. The Hall–Kier alpha value is -0.750. The average Bonchev–Trinajstić information content (AvgIpc) is 2.25. The van der Waals surface area contributed by atoms with Gasteiger partial charge in [-0.15, -0.1) is 11.8 Å². The number of nitrogens with zero attached hydrogens (tertiary/aromatic N) is 1. The van der Waals surface area contributed by atoms with E-state index in [2.05, 4.69) is 0 Å². The number of esters is 1. The summed E-state index contributed by atoms with van der Waals surface area (Å²) in [7, 11) is 0. The summed E-state index contributed by atoms with van der Waals surface area (Å²) in [5, 5.41) is 0.0352. The summed E-state index contributed by atoms with van der Waals surface area (Å²) in [5.41, 5.74) is 4.58. The van der Waals surface area contributed by atoms with Crippen LogP contribution in [0.25, 0.3) is 0 Å². The molecule has 0 bridgehead atoms. The second kappa shape index (κ2) is 4.13. The van der Waals surface area contributed by atoms with Crippen molar-refractivity contribution in [1.29, 1.82) is 0 Å². The van der Waals surface area contributed by atoms with Crippen molar-refractivity contribution in [2.45, 2.75) is 44.7 Å². The molecule has 6 heteroatoms. The van der Waals surface area contributed by atoms with Gasteiger partial charge >= 0.3 is 5.97 Å². The zero-order valence-corrected chi connectivity index (χ0v) is 12.0. The fraction of sp³-hybridized carbons (Fsp3) is 0.833. The number of nitrogens with two attached hydrogens (primary N) is 1. The second-order valence-corrected chi connectivity index (χ2v) is 7.36. The van der Waals surface area contributed by atoms with Crippen LogP contribution in [0.5, 0.6) is 0 Å². The fourth-order valence-corrected chi connectivity index (χ4v) is 3.56. The van der Waals surface area contributed by atoms with Gasteiger partial charge < -0.3 is 15.4 Å². The Morgan fingerprint density at radius 3 is 2.72 bits per heavy atom. The fourth-order valence-electron chi connectivity index (χ4n) is 2.13.